The maximum Gasteiger partial charge on any atom is 0.156 e. The second kappa shape index (κ2) is 2.09. The smallest absolute Gasteiger partial charge is 0.156 e. The second-order valence-electron chi connectivity index (χ2n) is 2.60. The van der Waals surface area contributed by atoms with Gasteiger partial charge < -0.3 is 9.84 Å². The van der Waals surface area contributed by atoms with Crippen molar-refractivity contribution in [2.45, 2.75) is 18.9 Å². The van der Waals surface area contributed by atoms with Crippen molar-refractivity contribution in [3.05, 3.63) is 17.5 Å². The fraction of sp³-hybridized carbons (Fsp3) is 0.571. The maximum absolute atomic E-state index is 5.07. The molecule has 0 saturated heterocycles. The molecule has 0 fully saturated rings. The molecule has 2 rings (SSSR count). The Balaban J connectivity index is 2.34. The van der Waals surface area contributed by atoms with Crippen LogP contribution in [-0.2, 0) is 6.42 Å². The normalized spacial score (nSPS) is 23.1. The summed E-state index contributed by atoms with van der Waals surface area (Å²) in [6.07, 6.45) is 4.06. The summed E-state index contributed by atoms with van der Waals surface area (Å²) in [5.41, 5.74) is 1.26. The van der Waals surface area contributed by atoms with Gasteiger partial charge in [0.15, 0.2) is 5.76 Å². The topological polar surface area (TPSA) is 38.1 Å². The maximum atomic E-state index is 5.07. The summed E-state index contributed by atoms with van der Waals surface area (Å²) in [6, 6.07) is 0.400. The van der Waals surface area contributed by atoms with Crippen LogP contribution in [-0.4, -0.2) is 12.2 Å². The van der Waals surface area contributed by atoms with Crippen molar-refractivity contribution in [1.29, 1.82) is 0 Å². The van der Waals surface area contributed by atoms with Crippen molar-refractivity contribution in [3.63, 3.8) is 0 Å². The van der Waals surface area contributed by atoms with E-state index in [0.29, 0.717) is 6.04 Å². The summed E-state index contributed by atoms with van der Waals surface area (Å²) in [7, 11) is 1.95. The van der Waals surface area contributed by atoms with E-state index in [9.17, 15) is 0 Å². The number of hydrogen-bond donors (Lipinski definition) is 1. The standard InChI is InChI=1S/C7H10N2O/c1-8-6-3-2-5-4-9-10-7(5)6/h4,6,8H,2-3H2,1H3. The first-order chi connectivity index (χ1) is 4.92. The fourth-order valence-corrected chi connectivity index (χ4v) is 1.45. The summed E-state index contributed by atoms with van der Waals surface area (Å²) in [5.74, 6) is 1.03. The van der Waals surface area contributed by atoms with E-state index in [-0.39, 0.29) is 0 Å². The Morgan fingerprint density at radius 3 is 3.50 bits per heavy atom. The van der Waals surface area contributed by atoms with Crippen LogP contribution in [0.25, 0.3) is 0 Å². The summed E-state index contributed by atoms with van der Waals surface area (Å²) < 4.78 is 5.07. The first-order valence-corrected chi connectivity index (χ1v) is 3.52. The van der Waals surface area contributed by atoms with Crippen LogP contribution in [0.15, 0.2) is 10.7 Å². The highest BCUT2D eigenvalue weighted by Crippen LogP contribution is 2.29. The molecule has 0 aromatic carbocycles. The van der Waals surface area contributed by atoms with Crippen LogP contribution in [0.1, 0.15) is 23.8 Å². The van der Waals surface area contributed by atoms with Gasteiger partial charge in [-0.25, -0.2) is 0 Å². The third-order valence-electron chi connectivity index (χ3n) is 2.04. The number of hydrogen-bond acceptors (Lipinski definition) is 3. The molecule has 1 N–H and O–H groups in total. The molecule has 54 valence electrons. The lowest BCUT2D eigenvalue weighted by Crippen LogP contribution is -2.12. The molecule has 1 atom stereocenters. The quantitative estimate of drug-likeness (QED) is 0.626. The lowest BCUT2D eigenvalue weighted by molar-refractivity contribution is 0.349. The molecule has 0 saturated carbocycles. The molecule has 10 heavy (non-hydrogen) atoms. The number of rotatable bonds is 1. The molecular weight excluding hydrogens is 128 g/mol. The predicted octanol–water partition coefficient (Wildman–Crippen LogP) is 0.881. The molecule has 1 heterocycles. The average Bonchev–Trinajstić information content (AvgIpc) is 2.44. The van der Waals surface area contributed by atoms with Gasteiger partial charge in [-0.15, -0.1) is 0 Å². The number of fused-ring (bicyclic) bond motifs is 1. The largest absolute Gasteiger partial charge is 0.359 e. The van der Waals surface area contributed by atoms with Crippen molar-refractivity contribution in [2.24, 2.45) is 0 Å². The average molecular weight is 138 g/mol. The number of nitrogens with zero attached hydrogens (tertiary/aromatic N) is 1. The Labute approximate surface area is 59.4 Å². The van der Waals surface area contributed by atoms with Crippen LogP contribution in [0.4, 0.5) is 0 Å². The van der Waals surface area contributed by atoms with E-state index in [4.69, 9.17) is 4.52 Å². The minimum Gasteiger partial charge on any atom is -0.359 e. The molecule has 1 aliphatic rings. The van der Waals surface area contributed by atoms with Gasteiger partial charge in [0.2, 0.25) is 0 Å². The summed E-state index contributed by atoms with van der Waals surface area (Å²) in [6.45, 7) is 0. The van der Waals surface area contributed by atoms with Gasteiger partial charge in [0, 0.05) is 5.56 Å². The third-order valence-corrected chi connectivity index (χ3v) is 2.04. The molecular formula is C7H10N2O. The molecule has 0 radical (unpaired) electrons. The van der Waals surface area contributed by atoms with E-state index in [1.165, 1.54) is 5.56 Å². The molecule has 0 aliphatic heterocycles. The summed E-state index contributed by atoms with van der Waals surface area (Å²) in [5, 5.41) is 6.90. The van der Waals surface area contributed by atoms with Gasteiger partial charge in [-0.2, -0.15) is 0 Å². The summed E-state index contributed by atoms with van der Waals surface area (Å²) >= 11 is 0. The van der Waals surface area contributed by atoms with E-state index >= 15 is 0 Å². The minimum absolute atomic E-state index is 0.400. The van der Waals surface area contributed by atoms with E-state index in [1.54, 1.807) is 0 Å². The van der Waals surface area contributed by atoms with Gasteiger partial charge in [-0.3, -0.25) is 0 Å². The van der Waals surface area contributed by atoms with Crippen molar-refractivity contribution < 1.29 is 4.52 Å². The van der Waals surface area contributed by atoms with Crippen LogP contribution in [0.5, 0.6) is 0 Å². The number of nitrogens with one attached hydrogen (secondary N) is 1. The van der Waals surface area contributed by atoms with Crippen LogP contribution in [0.3, 0.4) is 0 Å². The predicted molar refractivity (Wildman–Crippen MR) is 36.6 cm³/mol. The lowest BCUT2D eigenvalue weighted by Gasteiger charge is -2.03. The lowest BCUT2D eigenvalue weighted by atomic mass is 10.3. The van der Waals surface area contributed by atoms with Gasteiger partial charge in [-0.05, 0) is 19.9 Å². The fourth-order valence-electron chi connectivity index (χ4n) is 1.45. The van der Waals surface area contributed by atoms with Gasteiger partial charge >= 0.3 is 0 Å². The molecule has 1 aliphatic carbocycles. The highest BCUT2D eigenvalue weighted by atomic mass is 16.5. The van der Waals surface area contributed by atoms with Crippen LogP contribution >= 0.6 is 0 Å². The van der Waals surface area contributed by atoms with Gasteiger partial charge in [-0.1, -0.05) is 5.16 Å². The Hall–Kier alpha value is -0.830. The molecule has 1 unspecified atom stereocenters. The Morgan fingerprint density at radius 1 is 1.80 bits per heavy atom. The summed E-state index contributed by atoms with van der Waals surface area (Å²) in [4.78, 5) is 0. The van der Waals surface area contributed by atoms with Crippen LogP contribution < -0.4 is 5.32 Å². The zero-order chi connectivity index (χ0) is 6.97. The highest BCUT2D eigenvalue weighted by molar-refractivity contribution is 5.22. The molecule has 0 spiro atoms. The van der Waals surface area contributed by atoms with Crippen molar-refractivity contribution in [1.82, 2.24) is 10.5 Å². The van der Waals surface area contributed by atoms with E-state index < -0.39 is 0 Å². The molecule has 3 nitrogen and oxygen atoms in total. The molecule has 0 amide bonds. The molecule has 0 bridgehead atoms. The second-order valence-corrected chi connectivity index (χ2v) is 2.60. The van der Waals surface area contributed by atoms with Crippen LogP contribution in [0.2, 0.25) is 0 Å². The van der Waals surface area contributed by atoms with E-state index in [0.717, 1.165) is 18.6 Å². The molecule has 3 heteroatoms. The molecule has 1 aromatic rings. The SMILES string of the molecule is CNC1CCc2cnoc21. The first-order valence-electron chi connectivity index (χ1n) is 3.52. The minimum atomic E-state index is 0.400. The van der Waals surface area contributed by atoms with Crippen LogP contribution in [0, 0.1) is 0 Å². The van der Waals surface area contributed by atoms with Crippen molar-refractivity contribution in [3.8, 4) is 0 Å². The van der Waals surface area contributed by atoms with Crippen molar-refractivity contribution in [2.75, 3.05) is 7.05 Å². The number of aryl methyl sites for hydroxylation is 1. The molecule has 1 aromatic heterocycles. The van der Waals surface area contributed by atoms with E-state index in [1.807, 2.05) is 13.2 Å². The number of aromatic nitrogens is 1. The Bertz CT molecular complexity index is 231. The Morgan fingerprint density at radius 2 is 2.70 bits per heavy atom. The van der Waals surface area contributed by atoms with Crippen molar-refractivity contribution >= 4 is 0 Å². The monoisotopic (exact) mass is 138 g/mol. The zero-order valence-electron chi connectivity index (χ0n) is 5.92. The third kappa shape index (κ3) is 0.671. The zero-order valence-corrected chi connectivity index (χ0v) is 5.92. The van der Waals surface area contributed by atoms with Gasteiger partial charge in [0.25, 0.3) is 0 Å². The highest BCUT2D eigenvalue weighted by Gasteiger charge is 2.24. The van der Waals surface area contributed by atoms with E-state index in [2.05, 4.69) is 10.5 Å². The first kappa shape index (κ1) is 5.92. The van der Waals surface area contributed by atoms with Gasteiger partial charge in [0.1, 0.15) is 0 Å². The Kier molecular flexibility index (Phi) is 1.24. The van der Waals surface area contributed by atoms with Gasteiger partial charge in [0.05, 0.1) is 12.2 Å².